The molecular weight excluding hydrogens is 356 g/mol. The summed E-state index contributed by atoms with van der Waals surface area (Å²) < 4.78 is 11.0. The Morgan fingerprint density at radius 2 is 1.36 bits per heavy atom. The molecule has 0 bridgehead atoms. The number of benzene rings is 1. The normalized spacial score (nSPS) is 17.9. The standard InChI is InChI=1S/C20H22N6O2/c1-2-4-15(5-3-1)18-21-14-16-17(22-18)20(26-8-12-28-13-9-26)24-23-19(16)25-6-10-27-11-7-25/h1-5,14H,6-13H2. The predicted octanol–water partition coefficient (Wildman–Crippen LogP) is 1.76. The van der Waals surface area contributed by atoms with Crippen molar-refractivity contribution in [2.75, 3.05) is 62.4 Å². The zero-order valence-electron chi connectivity index (χ0n) is 15.6. The average molecular weight is 378 g/mol. The summed E-state index contributed by atoms with van der Waals surface area (Å²) in [6.07, 6.45) is 1.88. The first-order valence-corrected chi connectivity index (χ1v) is 9.64. The predicted molar refractivity (Wildman–Crippen MR) is 107 cm³/mol. The Hall–Kier alpha value is -2.84. The first-order valence-electron chi connectivity index (χ1n) is 9.64. The lowest BCUT2D eigenvalue weighted by Gasteiger charge is -2.30. The Morgan fingerprint density at radius 1 is 0.750 bits per heavy atom. The fraction of sp³-hybridized carbons (Fsp3) is 0.400. The van der Waals surface area contributed by atoms with Gasteiger partial charge in [0.05, 0.1) is 31.8 Å². The number of rotatable bonds is 3. The smallest absolute Gasteiger partial charge is 0.178 e. The lowest BCUT2D eigenvalue weighted by Crippen LogP contribution is -2.38. The molecule has 0 saturated carbocycles. The molecule has 4 heterocycles. The topological polar surface area (TPSA) is 76.5 Å². The van der Waals surface area contributed by atoms with Crippen LogP contribution in [-0.2, 0) is 9.47 Å². The van der Waals surface area contributed by atoms with Crippen molar-refractivity contribution in [1.29, 1.82) is 0 Å². The van der Waals surface area contributed by atoms with Crippen molar-refractivity contribution >= 4 is 22.5 Å². The van der Waals surface area contributed by atoms with Crippen LogP contribution in [0.1, 0.15) is 0 Å². The van der Waals surface area contributed by atoms with Crippen molar-refractivity contribution in [2.45, 2.75) is 0 Å². The van der Waals surface area contributed by atoms with E-state index in [1.807, 2.05) is 36.5 Å². The summed E-state index contributed by atoms with van der Waals surface area (Å²) in [5.74, 6) is 2.33. The highest BCUT2D eigenvalue weighted by Crippen LogP contribution is 2.31. The summed E-state index contributed by atoms with van der Waals surface area (Å²) in [6.45, 7) is 5.91. The number of fused-ring (bicyclic) bond motifs is 1. The van der Waals surface area contributed by atoms with E-state index in [1.54, 1.807) is 0 Å². The molecule has 2 aliphatic heterocycles. The highest BCUT2D eigenvalue weighted by molar-refractivity contribution is 5.96. The molecule has 1 aromatic carbocycles. The molecule has 0 atom stereocenters. The maximum absolute atomic E-state index is 5.50. The molecule has 3 aromatic rings. The Kier molecular flexibility index (Phi) is 4.72. The first-order chi connectivity index (χ1) is 13.9. The van der Waals surface area contributed by atoms with Gasteiger partial charge in [-0.15, -0.1) is 10.2 Å². The molecule has 0 unspecified atom stereocenters. The monoisotopic (exact) mass is 378 g/mol. The van der Waals surface area contributed by atoms with Gasteiger partial charge in [-0.25, -0.2) is 9.97 Å². The third-order valence-electron chi connectivity index (χ3n) is 5.13. The lowest BCUT2D eigenvalue weighted by atomic mass is 10.2. The third kappa shape index (κ3) is 3.25. The van der Waals surface area contributed by atoms with E-state index in [1.165, 1.54) is 0 Å². The quantitative estimate of drug-likeness (QED) is 0.682. The molecule has 0 radical (unpaired) electrons. The first kappa shape index (κ1) is 17.3. The molecule has 28 heavy (non-hydrogen) atoms. The van der Waals surface area contributed by atoms with Gasteiger partial charge in [0.2, 0.25) is 0 Å². The van der Waals surface area contributed by atoms with E-state index in [2.05, 4.69) is 25.0 Å². The summed E-state index contributed by atoms with van der Waals surface area (Å²) in [5.41, 5.74) is 1.83. The summed E-state index contributed by atoms with van der Waals surface area (Å²) in [7, 11) is 0. The number of aromatic nitrogens is 4. The van der Waals surface area contributed by atoms with Gasteiger partial charge in [0, 0.05) is 37.9 Å². The van der Waals surface area contributed by atoms with Gasteiger partial charge < -0.3 is 19.3 Å². The second kappa shape index (κ2) is 7.65. The van der Waals surface area contributed by atoms with Gasteiger partial charge in [0.25, 0.3) is 0 Å². The summed E-state index contributed by atoms with van der Waals surface area (Å²) in [4.78, 5) is 14.0. The van der Waals surface area contributed by atoms with Crippen LogP contribution in [-0.4, -0.2) is 72.8 Å². The Morgan fingerprint density at radius 3 is 2.04 bits per heavy atom. The van der Waals surface area contributed by atoms with Gasteiger partial charge in [0.1, 0.15) is 5.52 Å². The van der Waals surface area contributed by atoms with Gasteiger partial charge in [0.15, 0.2) is 17.5 Å². The van der Waals surface area contributed by atoms with Crippen molar-refractivity contribution in [3.63, 3.8) is 0 Å². The largest absolute Gasteiger partial charge is 0.378 e. The maximum atomic E-state index is 5.50. The van der Waals surface area contributed by atoms with Crippen LogP contribution in [0.25, 0.3) is 22.3 Å². The van der Waals surface area contributed by atoms with Crippen molar-refractivity contribution in [2.24, 2.45) is 0 Å². The maximum Gasteiger partial charge on any atom is 0.178 e. The van der Waals surface area contributed by atoms with E-state index < -0.39 is 0 Å². The van der Waals surface area contributed by atoms with Crippen LogP contribution >= 0.6 is 0 Å². The molecule has 0 spiro atoms. The van der Waals surface area contributed by atoms with Crippen LogP contribution in [0, 0.1) is 0 Å². The molecule has 0 N–H and O–H groups in total. The molecule has 8 nitrogen and oxygen atoms in total. The second-order valence-electron chi connectivity index (χ2n) is 6.87. The Balaban J connectivity index is 1.65. The number of hydrogen-bond acceptors (Lipinski definition) is 8. The van der Waals surface area contributed by atoms with E-state index in [9.17, 15) is 0 Å². The summed E-state index contributed by atoms with van der Waals surface area (Å²) in [6, 6.07) is 10.0. The number of hydrogen-bond donors (Lipinski definition) is 0. The number of anilines is 2. The number of ether oxygens (including phenoxy) is 2. The fourth-order valence-corrected chi connectivity index (χ4v) is 3.64. The Labute approximate surface area is 163 Å². The minimum atomic E-state index is 0.686. The molecule has 2 aliphatic rings. The van der Waals surface area contributed by atoms with Gasteiger partial charge >= 0.3 is 0 Å². The summed E-state index contributed by atoms with van der Waals surface area (Å²) >= 11 is 0. The molecule has 0 aliphatic carbocycles. The van der Waals surface area contributed by atoms with Crippen LogP contribution in [0.5, 0.6) is 0 Å². The molecule has 2 saturated heterocycles. The van der Waals surface area contributed by atoms with Gasteiger partial charge in [-0.05, 0) is 0 Å². The highest BCUT2D eigenvalue weighted by atomic mass is 16.5. The van der Waals surface area contributed by atoms with Gasteiger partial charge in [-0.2, -0.15) is 0 Å². The molecule has 2 fully saturated rings. The van der Waals surface area contributed by atoms with Crippen molar-refractivity contribution in [3.8, 4) is 11.4 Å². The van der Waals surface area contributed by atoms with Crippen LogP contribution in [0.15, 0.2) is 36.5 Å². The van der Waals surface area contributed by atoms with Gasteiger partial charge in [-0.3, -0.25) is 0 Å². The number of morpholine rings is 2. The van der Waals surface area contributed by atoms with Crippen molar-refractivity contribution in [1.82, 2.24) is 20.2 Å². The van der Waals surface area contributed by atoms with Crippen LogP contribution in [0.3, 0.4) is 0 Å². The molecule has 144 valence electrons. The molecule has 2 aromatic heterocycles. The van der Waals surface area contributed by atoms with Crippen LogP contribution in [0.4, 0.5) is 11.6 Å². The van der Waals surface area contributed by atoms with E-state index in [4.69, 9.17) is 14.5 Å². The molecule has 8 heteroatoms. The lowest BCUT2D eigenvalue weighted by molar-refractivity contribution is 0.122. The second-order valence-corrected chi connectivity index (χ2v) is 6.87. The minimum absolute atomic E-state index is 0.686. The SMILES string of the molecule is c1ccc(-c2ncc3c(N4CCOCC4)nnc(N4CCOCC4)c3n2)cc1. The Bertz CT molecular complexity index is 956. The highest BCUT2D eigenvalue weighted by Gasteiger charge is 2.23. The number of nitrogens with zero attached hydrogens (tertiary/aromatic N) is 6. The molecule has 5 rings (SSSR count). The van der Waals surface area contributed by atoms with E-state index >= 15 is 0 Å². The minimum Gasteiger partial charge on any atom is -0.378 e. The average Bonchev–Trinajstić information content (AvgIpc) is 2.80. The molecule has 0 amide bonds. The van der Waals surface area contributed by atoms with Crippen molar-refractivity contribution in [3.05, 3.63) is 36.5 Å². The van der Waals surface area contributed by atoms with Gasteiger partial charge in [-0.1, -0.05) is 30.3 Å². The summed E-state index contributed by atoms with van der Waals surface area (Å²) in [5, 5.41) is 10.1. The van der Waals surface area contributed by atoms with E-state index in [0.29, 0.717) is 32.3 Å². The zero-order valence-corrected chi connectivity index (χ0v) is 15.6. The zero-order chi connectivity index (χ0) is 18.8. The van der Waals surface area contributed by atoms with Crippen molar-refractivity contribution < 1.29 is 9.47 Å². The fourth-order valence-electron chi connectivity index (χ4n) is 3.64. The van der Waals surface area contributed by atoms with Crippen LogP contribution in [0.2, 0.25) is 0 Å². The molecular formula is C20H22N6O2. The van der Waals surface area contributed by atoms with Crippen LogP contribution < -0.4 is 9.80 Å². The van der Waals surface area contributed by atoms with E-state index in [-0.39, 0.29) is 0 Å². The third-order valence-corrected chi connectivity index (χ3v) is 5.13. The van der Waals surface area contributed by atoms with E-state index in [0.717, 1.165) is 54.3 Å².